The molecule has 1 saturated carbocycles. The largest absolute Gasteiger partial charge is 0.393 e. The van der Waals surface area contributed by atoms with Gasteiger partial charge >= 0.3 is 0 Å². The number of aliphatic hydroxyl groups excluding tert-OH is 2. The highest BCUT2D eigenvalue weighted by Gasteiger charge is 2.47. The van der Waals surface area contributed by atoms with Gasteiger partial charge in [0.25, 0.3) is 0 Å². The van der Waals surface area contributed by atoms with Gasteiger partial charge in [-0.05, 0) is 18.8 Å². The van der Waals surface area contributed by atoms with Gasteiger partial charge in [0.2, 0.25) is 0 Å². The highest BCUT2D eigenvalue weighted by Crippen LogP contribution is 2.40. The van der Waals surface area contributed by atoms with E-state index in [0.29, 0.717) is 6.42 Å². The van der Waals surface area contributed by atoms with Gasteiger partial charge < -0.3 is 15.3 Å². The van der Waals surface area contributed by atoms with Crippen LogP contribution >= 0.6 is 0 Å². The summed E-state index contributed by atoms with van der Waals surface area (Å²) in [7, 11) is 0. The maximum absolute atomic E-state index is 9.74. The van der Waals surface area contributed by atoms with Crippen LogP contribution < -0.4 is 0 Å². The summed E-state index contributed by atoms with van der Waals surface area (Å²) in [6, 6.07) is 0. The number of rotatable bonds is 0. The molecule has 0 aromatic heterocycles. The van der Waals surface area contributed by atoms with Crippen LogP contribution in [-0.2, 0) is 0 Å². The minimum Gasteiger partial charge on any atom is -0.393 e. The minimum atomic E-state index is -1.15. The van der Waals surface area contributed by atoms with E-state index >= 15 is 0 Å². The second-order valence-electron chi connectivity index (χ2n) is 4.81. The summed E-state index contributed by atoms with van der Waals surface area (Å²) in [6.07, 6.45) is -0.450. The smallest absolute Gasteiger partial charge is 0.0907 e. The molecule has 0 spiro atoms. The fourth-order valence-corrected chi connectivity index (χ4v) is 2.22. The number of hydrogen-bond acceptors (Lipinski definition) is 3. The van der Waals surface area contributed by atoms with Crippen LogP contribution in [0.1, 0.15) is 33.6 Å². The Kier molecular flexibility index (Phi) is 2.23. The van der Waals surface area contributed by atoms with Crippen LogP contribution in [0.4, 0.5) is 0 Å². The molecule has 0 heterocycles. The van der Waals surface area contributed by atoms with Crippen LogP contribution in [0.5, 0.6) is 0 Å². The molecule has 72 valence electrons. The van der Waals surface area contributed by atoms with Crippen molar-refractivity contribution in [3.8, 4) is 0 Å². The Morgan fingerprint density at radius 1 is 1.08 bits per heavy atom. The molecule has 3 nitrogen and oxygen atoms in total. The van der Waals surface area contributed by atoms with Gasteiger partial charge in [-0.2, -0.15) is 0 Å². The second kappa shape index (κ2) is 2.69. The Labute approximate surface area is 73.0 Å². The normalized spacial score (nSPS) is 47.5. The van der Waals surface area contributed by atoms with E-state index in [1.54, 1.807) is 6.92 Å². The van der Waals surface area contributed by atoms with E-state index in [9.17, 15) is 15.3 Å². The van der Waals surface area contributed by atoms with Crippen molar-refractivity contribution in [1.82, 2.24) is 0 Å². The monoisotopic (exact) mass is 174 g/mol. The summed E-state index contributed by atoms with van der Waals surface area (Å²) >= 11 is 0. The second-order valence-corrected chi connectivity index (χ2v) is 4.81. The van der Waals surface area contributed by atoms with Crippen molar-refractivity contribution in [2.24, 2.45) is 5.41 Å². The van der Waals surface area contributed by atoms with Gasteiger partial charge in [0.1, 0.15) is 0 Å². The van der Waals surface area contributed by atoms with Crippen LogP contribution in [0, 0.1) is 5.41 Å². The molecule has 0 saturated heterocycles. The molecule has 0 radical (unpaired) electrons. The molecule has 0 bridgehead atoms. The van der Waals surface area contributed by atoms with E-state index in [1.807, 2.05) is 13.8 Å². The average molecular weight is 174 g/mol. The first-order valence-electron chi connectivity index (χ1n) is 4.34. The molecule has 1 aliphatic carbocycles. The summed E-state index contributed by atoms with van der Waals surface area (Å²) in [5.74, 6) is 0. The standard InChI is InChI=1S/C9H18O3/c1-8(2)4-6(10)5-9(3,12)7(8)11/h6-7,10-12H,4-5H2,1-3H3/t6-,7+,9+/m0/s1. The predicted octanol–water partition coefficient (Wildman–Crippen LogP) is 0.279. The zero-order valence-electron chi connectivity index (χ0n) is 7.91. The first-order valence-corrected chi connectivity index (χ1v) is 4.34. The first kappa shape index (κ1) is 9.96. The molecule has 0 amide bonds. The Hall–Kier alpha value is -0.120. The molecule has 0 aliphatic heterocycles. The summed E-state index contributed by atoms with van der Waals surface area (Å²) in [5.41, 5.74) is -1.55. The maximum Gasteiger partial charge on any atom is 0.0907 e. The zero-order chi connectivity index (χ0) is 9.57. The lowest BCUT2D eigenvalue weighted by atomic mass is 9.67. The van der Waals surface area contributed by atoms with Gasteiger partial charge in [-0.25, -0.2) is 0 Å². The van der Waals surface area contributed by atoms with Crippen molar-refractivity contribution < 1.29 is 15.3 Å². The van der Waals surface area contributed by atoms with Crippen LogP contribution in [0.2, 0.25) is 0 Å². The molecule has 3 atom stereocenters. The Bertz CT molecular complexity index is 157. The number of hydrogen-bond donors (Lipinski definition) is 3. The van der Waals surface area contributed by atoms with Crippen molar-refractivity contribution in [3.05, 3.63) is 0 Å². The minimum absolute atomic E-state index is 0.262. The quantitative estimate of drug-likeness (QED) is 0.494. The molecule has 12 heavy (non-hydrogen) atoms. The van der Waals surface area contributed by atoms with Gasteiger partial charge in [0.15, 0.2) is 0 Å². The highest BCUT2D eigenvalue weighted by molar-refractivity contribution is 4.99. The van der Waals surface area contributed by atoms with Gasteiger partial charge in [-0.3, -0.25) is 0 Å². The molecule has 3 N–H and O–H groups in total. The third-order valence-electron chi connectivity index (χ3n) is 2.74. The Morgan fingerprint density at radius 3 is 2.00 bits per heavy atom. The molecular weight excluding hydrogens is 156 g/mol. The van der Waals surface area contributed by atoms with Crippen molar-refractivity contribution in [1.29, 1.82) is 0 Å². The van der Waals surface area contributed by atoms with Crippen LogP contribution in [0.3, 0.4) is 0 Å². The molecule has 1 fully saturated rings. The average Bonchev–Trinajstić information content (AvgIpc) is 1.80. The van der Waals surface area contributed by atoms with Crippen molar-refractivity contribution >= 4 is 0 Å². The molecule has 3 heteroatoms. The lowest BCUT2D eigenvalue weighted by Gasteiger charge is -2.46. The van der Waals surface area contributed by atoms with E-state index in [-0.39, 0.29) is 6.42 Å². The molecule has 0 unspecified atom stereocenters. The number of aliphatic hydroxyl groups is 3. The van der Waals surface area contributed by atoms with E-state index < -0.39 is 23.2 Å². The van der Waals surface area contributed by atoms with Crippen molar-refractivity contribution in [3.63, 3.8) is 0 Å². The van der Waals surface area contributed by atoms with E-state index in [2.05, 4.69) is 0 Å². The Balaban J connectivity index is 2.84. The molecule has 1 rings (SSSR count). The van der Waals surface area contributed by atoms with E-state index in [1.165, 1.54) is 0 Å². The first-order chi connectivity index (χ1) is 5.26. The molecular formula is C9H18O3. The molecule has 0 aromatic carbocycles. The summed E-state index contributed by atoms with van der Waals surface area (Å²) in [5, 5.41) is 28.9. The topological polar surface area (TPSA) is 60.7 Å². The fourth-order valence-electron chi connectivity index (χ4n) is 2.22. The Morgan fingerprint density at radius 2 is 1.58 bits per heavy atom. The van der Waals surface area contributed by atoms with Gasteiger partial charge in [0, 0.05) is 6.42 Å². The maximum atomic E-state index is 9.74. The van der Waals surface area contributed by atoms with Crippen LogP contribution in [0.25, 0.3) is 0 Å². The summed E-state index contributed by atoms with van der Waals surface area (Å²) in [6.45, 7) is 5.28. The lowest BCUT2D eigenvalue weighted by Crippen LogP contribution is -2.55. The summed E-state index contributed by atoms with van der Waals surface area (Å²) < 4.78 is 0. The lowest BCUT2D eigenvalue weighted by molar-refractivity contribution is -0.171. The third kappa shape index (κ3) is 1.63. The third-order valence-corrected chi connectivity index (χ3v) is 2.74. The van der Waals surface area contributed by atoms with E-state index in [4.69, 9.17) is 0 Å². The van der Waals surface area contributed by atoms with Crippen LogP contribution in [0.15, 0.2) is 0 Å². The van der Waals surface area contributed by atoms with Crippen molar-refractivity contribution in [2.75, 3.05) is 0 Å². The molecule has 1 aliphatic rings. The van der Waals surface area contributed by atoms with Crippen LogP contribution in [-0.4, -0.2) is 33.1 Å². The SMILES string of the molecule is CC1(C)C[C@H](O)C[C@@](C)(O)[C@@H]1O. The highest BCUT2D eigenvalue weighted by atomic mass is 16.3. The van der Waals surface area contributed by atoms with Gasteiger partial charge in [-0.15, -0.1) is 0 Å². The van der Waals surface area contributed by atoms with E-state index in [0.717, 1.165) is 0 Å². The van der Waals surface area contributed by atoms with Gasteiger partial charge in [-0.1, -0.05) is 13.8 Å². The summed E-state index contributed by atoms with van der Waals surface area (Å²) in [4.78, 5) is 0. The predicted molar refractivity (Wildman–Crippen MR) is 45.7 cm³/mol. The van der Waals surface area contributed by atoms with Gasteiger partial charge in [0.05, 0.1) is 17.8 Å². The van der Waals surface area contributed by atoms with Crippen molar-refractivity contribution in [2.45, 2.75) is 51.4 Å². The fraction of sp³-hybridized carbons (Fsp3) is 1.00. The molecule has 0 aromatic rings. The zero-order valence-corrected chi connectivity index (χ0v) is 7.91.